The highest BCUT2D eigenvalue weighted by atomic mass is 19.1. The quantitative estimate of drug-likeness (QED) is 0.937. The first kappa shape index (κ1) is 16.6. The Balaban J connectivity index is 1.83. The topological polar surface area (TPSA) is 58.4 Å². The molecule has 0 radical (unpaired) electrons. The number of carbonyl (C=O) groups excluding carboxylic acids is 1. The van der Waals surface area contributed by atoms with Gasteiger partial charge >= 0.3 is 0 Å². The van der Waals surface area contributed by atoms with Crippen LogP contribution in [0.5, 0.6) is 0 Å². The van der Waals surface area contributed by atoms with Crippen LogP contribution in [0, 0.1) is 17.6 Å². The molecule has 24 heavy (non-hydrogen) atoms. The number of likely N-dealkylation sites (tertiary alicyclic amines) is 1. The number of aliphatic hydroxyl groups excluding tert-OH is 1. The van der Waals surface area contributed by atoms with Crippen molar-refractivity contribution in [2.24, 2.45) is 5.92 Å². The van der Waals surface area contributed by atoms with E-state index in [4.69, 9.17) is 0 Å². The van der Waals surface area contributed by atoms with E-state index < -0.39 is 11.6 Å². The van der Waals surface area contributed by atoms with Gasteiger partial charge in [-0.1, -0.05) is 0 Å². The summed E-state index contributed by atoms with van der Waals surface area (Å²) in [6.07, 6.45) is 4.54. The van der Waals surface area contributed by atoms with E-state index in [1.807, 2.05) is 6.92 Å². The highest BCUT2D eigenvalue weighted by Crippen LogP contribution is 2.24. The lowest BCUT2D eigenvalue weighted by Gasteiger charge is -2.37. The molecule has 1 saturated heterocycles. The molecule has 0 aliphatic carbocycles. The minimum Gasteiger partial charge on any atom is -0.396 e. The van der Waals surface area contributed by atoms with Gasteiger partial charge in [0.05, 0.1) is 11.8 Å². The Labute approximate surface area is 138 Å². The maximum Gasteiger partial charge on any atom is 0.257 e. The average molecular weight is 335 g/mol. The number of rotatable bonds is 3. The van der Waals surface area contributed by atoms with Gasteiger partial charge in [0.25, 0.3) is 5.91 Å². The van der Waals surface area contributed by atoms with Crippen molar-refractivity contribution in [2.45, 2.75) is 25.8 Å². The number of piperidine rings is 1. The van der Waals surface area contributed by atoms with Gasteiger partial charge in [0.2, 0.25) is 0 Å². The van der Waals surface area contributed by atoms with Crippen LogP contribution in [0.3, 0.4) is 0 Å². The fraction of sp³-hybridized carbons (Fsp3) is 0.412. The lowest BCUT2D eigenvalue weighted by molar-refractivity contribution is 0.0489. The Hall–Kier alpha value is -2.28. The Morgan fingerprint density at radius 3 is 2.88 bits per heavy atom. The molecule has 1 aliphatic heterocycles. The summed E-state index contributed by atoms with van der Waals surface area (Å²) >= 11 is 0. The predicted molar refractivity (Wildman–Crippen MR) is 83.8 cm³/mol. The molecule has 5 nitrogen and oxygen atoms in total. The van der Waals surface area contributed by atoms with Crippen molar-refractivity contribution in [3.05, 3.63) is 47.8 Å². The molecule has 1 amide bonds. The summed E-state index contributed by atoms with van der Waals surface area (Å²) in [6, 6.07) is 3.26. The van der Waals surface area contributed by atoms with Gasteiger partial charge in [-0.25, -0.2) is 13.5 Å². The van der Waals surface area contributed by atoms with E-state index in [0.717, 1.165) is 25.0 Å². The molecule has 1 aromatic heterocycles. The SMILES string of the molecule is CC1CCC(CO)CN1C(=O)c1cnn(-c2ccc(F)cc2F)c1. The highest BCUT2D eigenvalue weighted by Gasteiger charge is 2.30. The number of hydrogen-bond acceptors (Lipinski definition) is 3. The molecular weight excluding hydrogens is 316 g/mol. The Kier molecular flexibility index (Phi) is 4.62. The summed E-state index contributed by atoms with van der Waals surface area (Å²) in [7, 11) is 0. The summed E-state index contributed by atoms with van der Waals surface area (Å²) in [4.78, 5) is 14.4. The van der Waals surface area contributed by atoms with Crippen LogP contribution in [0.15, 0.2) is 30.6 Å². The maximum absolute atomic E-state index is 13.8. The maximum atomic E-state index is 13.8. The van der Waals surface area contributed by atoms with E-state index in [2.05, 4.69) is 5.10 Å². The standard InChI is InChI=1S/C17H19F2N3O2/c1-11-2-3-12(10-23)8-21(11)17(24)13-7-20-22(9-13)16-5-4-14(18)6-15(16)19/h4-7,9,11-12,23H,2-3,8,10H2,1H3. The van der Waals surface area contributed by atoms with E-state index >= 15 is 0 Å². The summed E-state index contributed by atoms with van der Waals surface area (Å²) in [5, 5.41) is 13.3. The van der Waals surface area contributed by atoms with Crippen molar-refractivity contribution in [3.63, 3.8) is 0 Å². The molecule has 0 spiro atoms. The second kappa shape index (κ2) is 6.68. The summed E-state index contributed by atoms with van der Waals surface area (Å²) in [5.41, 5.74) is 0.416. The largest absolute Gasteiger partial charge is 0.396 e. The van der Waals surface area contributed by atoms with Crippen molar-refractivity contribution in [2.75, 3.05) is 13.2 Å². The Bertz CT molecular complexity index is 747. The minimum absolute atomic E-state index is 0.0521. The summed E-state index contributed by atoms with van der Waals surface area (Å²) < 4.78 is 28.1. The highest BCUT2D eigenvalue weighted by molar-refractivity contribution is 5.94. The molecule has 2 aromatic rings. The van der Waals surface area contributed by atoms with Gasteiger partial charge in [0.1, 0.15) is 11.5 Å². The molecule has 0 saturated carbocycles. The third kappa shape index (κ3) is 3.17. The number of aromatic nitrogens is 2. The lowest BCUT2D eigenvalue weighted by atomic mass is 9.93. The van der Waals surface area contributed by atoms with Crippen LogP contribution in [-0.2, 0) is 0 Å². The van der Waals surface area contributed by atoms with Crippen molar-refractivity contribution >= 4 is 5.91 Å². The van der Waals surface area contributed by atoms with E-state index in [1.54, 1.807) is 4.90 Å². The number of halogens is 2. The molecule has 2 atom stereocenters. The fourth-order valence-corrected chi connectivity index (χ4v) is 3.01. The number of benzene rings is 1. The minimum atomic E-state index is -0.746. The van der Waals surface area contributed by atoms with Gasteiger partial charge in [-0.15, -0.1) is 0 Å². The average Bonchev–Trinajstić information content (AvgIpc) is 3.04. The van der Waals surface area contributed by atoms with Gasteiger partial charge < -0.3 is 10.0 Å². The Morgan fingerprint density at radius 2 is 2.17 bits per heavy atom. The molecule has 2 heterocycles. The van der Waals surface area contributed by atoms with Gasteiger partial charge in [-0.05, 0) is 37.8 Å². The van der Waals surface area contributed by atoms with E-state index in [-0.39, 0.29) is 30.2 Å². The molecule has 1 aliphatic rings. The van der Waals surface area contributed by atoms with Crippen LogP contribution in [0.25, 0.3) is 5.69 Å². The fourth-order valence-electron chi connectivity index (χ4n) is 3.01. The van der Waals surface area contributed by atoms with Gasteiger partial charge in [-0.3, -0.25) is 4.79 Å². The normalized spacial score (nSPS) is 21.1. The molecule has 7 heteroatoms. The number of aliphatic hydroxyl groups is 1. The van der Waals surface area contributed by atoms with Crippen LogP contribution in [0.4, 0.5) is 8.78 Å². The van der Waals surface area contributed by atoms with Crippen molar-refractivity contribution in [1.29, 1.82) is 0 Å². The van der Waals surface area contributed by atoms with Crippen LogP contribution < -0.4 is 0 Å². The van der Waals surface area contributed by atoms with Gasteiger partial charge in [0, 0.05) is 31.5 Å². The molecule has 128 valence electrons. The van der Waals surface area contributed by atoms with Crippen LogP contribution in [-0.4, -0.2) is 44.9 Å². The zero-order valence-corrected chi connectivity index (χ0v) is 13.3. The van der Waals surface area contributed by atoms with E-state index in [9.17, 15) is 18.7 Å². The van der Waals surface area contributed by atoms with Gasteiger partial charge in [-0.2, -0.15) is 5.10 Å². The molecule has 1 N–H and O–H groups in total. The number of carbonyl (C=O) groups is 1. The Morgan fingerprint density at radius 1 is 1.38 bits per heavy atom. The first-order valence-corrected chi connectivity index (χ1v) is 7.91. The van der Waals surface area contributed by atoms with Gasteiger partial charge in [0.15, 0.2) is 5.82 Å². The molecule has 3 rings (SSSR count). The molecule has 2 unspecified atom stereocenters. The van der Waals surface area contributed by atoms with Crippen molar-refractivity contribution in [3.8, 4) is 5.69 Å². The van der Waals surface area contributed by atoms with E-state index in [0.29, 0.717) is 12.1 Å². The second-order valence-electron chi connectivity index (χ2n) is 6.20. The molecule has 1 fully saturated rings. The first-order chi connectivity index (χ1) is 11.5. The number of amides is 1. The zero-order valence-electron chi connectivity index (χ0n) is 13.3. The second-order valence-corrected chi connectivity index (χ2v) is 6.20. The molecule has 1 aromatic carbocycles. The summed E-state index contributed by atoms with van der Waals surface area (Å²) in [6.45, 7) is 2.51. The number of hydrogen-bond donors (Lipinski definition) is 1. The smallest absolute Gasteiger partial charge is 0.257 e. The molecular formula is C17H19F2N3O2. The summed E-state index contributed by atoms with van der Waals surface area (Å²) in [5.74, 6) is -1.54. The van der Waals surface area contributed by atoms with Crippen LogP contribution in [0.2, 0.25) is 0 Å². The number of nitrogens with zero attached hydrogens (tertiary/aromatic N) is 3. The van der Waals surface area contributed by atoms with Crippen LogP contribution in [0.1, 0.15) is 30.1 Å². The molecule has 0 bridgehead atoms. The lowest BCUT2D eigenvalue weighted by Crippen LogP contribution is -2.46. The van der Waals surface area contributed by atoms with Crippen LogP contribution >= 0.6 is 0 Å². The zero-order chi connectivity index (χ0) is 17.3. The predicted octanol–water partition coefficient (Wildman–Crippen LogP) is 2.38. The monoisotopic (exact) mass is 335 g/mol. The third-order valence-corrected chi connectivity index (χ3v) is 4.48. The van der Waals surface area contributed by atoms with Crippen molar-refractivity contribution in [1.82, 2.24) is 14.7 Å². The third-order valence-electron chi connectivity index (χ3n) is 4.48. The van der Waals surface area contributed by atoms with E-state index in [1.165, 1.54) is 23.1 Å². The first-order valence-electron chi connectivity index (χ1n) is 7.91. The van der Waals surface area contributed by atoms with Crippen molar-refractivity contribution < 1.29 is 18.7 Å².